The summed E-state index contributed by atoms with van der Waals surface area (Å²) in [6, 6.07) is 29.0. The van der Waals surface area contributed by atoms with E-state index in [1.807, 2.05) is 72.8 Å². The van der Waals surface area contributed by atoms with Crippen molar-refractivity contribution in [2.75, 3.05) is 32.8 Å². The van der Waals surface area contributed by atoms with E-state index in [0.717, 1.165) is 30.5 Å². The SMILES string of the molecule is O=C(OCC(=O)N1CCN(Cc2ccccc2)CC1)c1cccc2cccc(-c3nc4ccccc4o3)c12. The average molecular weight is 506 g/mol. The van der Waals surface area contributed by atoms with E-state index in [2.05, 4.69) is 22.0 Å². The van der Waals surface area contributed by atoms with Gasteiger partial charge in [-0.1, -0.05) is 66.7 Å². The Bertz CT molecular complexity index is 1570. The fraction of sp³-hybridized carbons (Fsp3) is 0.194. The van der Waals surface area contributed by atoms with Crippen LogP contribution in [0.5, 0.6) is 0 Å². The van der Waals surface area contributed by atoms with Crippen LogP contribution in [0.4, 0.5) is 0 Å². The van der Waals surface area contributed by atoms with Gasteiger partial charge < -0.3 is 14.1 Å². The van der Waals surface area contributed by atoms with Crippen LogP contribution in [0.25, 0.3) is 33.3 Å². The lowest BCUT2D eigenvalue weighted by Crippen LogP contribution is -2.49. The van der Waals surface area contributed by atoms with Crippen LogP contribution in [0.15, 0.2) is 95.4 Å². The van der Waals surface area contributed by atoms with E-state index in [-0.39, 0.29) is 12.5 Å². The number of aromatic nitrogens is 1. The molecule has 0 atom stereocenters. The van der Waals surface area contributed by atoms with E-state index in [1.165, 1.54) is 5.56 Å². The molecule has 0 aliphatic carbocycles. The van der Waals surface area contributed by atoms with E-state index < -0.39 is 5.97 Å². The Labute approximate surface area is 220 Å². The van der Waals surface area contributed by atoms with E-state index in [1.54, 1.807) is 11.0 Å². The number of carbonyl (C=O) groups excluding carboxylic acids is 2. The highest BCUT2D eigenvalue weighted by molar-refractivity contribution is 6.10. The summed E-state index contributed by atoms with van der Waals surface area (Å²) < 4.78 is 11.5. The number of nitrogens with zero attached hydrogens (tertiary/aromatic N) is 3. The molecule has 38 heavy (non-hydrogen) atoms. The highest BCUT2D eigenvalue weighted by Crippen LogP contribution is 2.33. The maximum absolute atomic E-state index is 13.2. The molecule has 1 aliphatic heterocycles. The molecular formula is C31H27N3O4. The minimum absolute atomic E-state index is 0.183. The first kappa shape index (κ1) is 23.9. The number of benzene rings is 4. The summed E-state index contributed by atoms with van der Waals surface area (Å²) in [6.07, 6.45) is 0. The number of amides is 1. The summed E-state index contributed by atoms with van der Waals surface area (Å²) in [5, 5.41) is 1.55. The van der Waals surface area contributed by atoms with Gasteiger partial charge in [-0.05, 0) is 35.2 Å². The lowest BCUT2D eigenvalue weighted by atomic mass is 9.99. The summed E-state index contributed by atoms with van der Waals surface area (Å²) in [5.74, 6) is -0.297. The number of fused-ring (bicyclic) bond motifs is 2. The summed E-state index contributed by atoms with van der Waals surface area (Å²) in [6.45, 7) is 3.36. The van der Waals surface area contributed by atoms with Crippen molar-refractivity contribution in [1.82, 2.24) is 14.8 Å². The minimum atomic E-state index is -0.546. The first-order chi connectivity index (χ1) is 18.7. The summed E-state index contributed by atoms with van der Waals surface area (Å²) in [4.78, 5) is 34.8. The van der Waals surface area contributed by atoms with Crippen molar-refractivity contribution in [3.05, 3.63) is 102 Å². The molecule has 0 bridgehead atoms. The molecule has 190 valence electrons. The maximum Gasteiger partial charge on any atom is 0.339 e. The zero-order valence-corrected chi connectivity index (χ0v) is 20.9. The fourth-order valence-electron chi connectivity index (χ4n) is 4.97. The third-order valence-electron chi connectivity index (χ3n) is 6.95. The van der Waals surface area contributed by atoms with E-state index in [4.69, 9.17) is 9.15 Å². The number of hydrogen-bond donors (Lipinski definition) is 0. The third-order valence-corrected chi connectivity index (χ3v) is 6.95. The number of para-hydroxylation sites is 2. The first-order valence-electron chi connectivity index (χ1n) is 12.7. The monoisotopic (exact) mass is 505 g/mol. The van der Waals surface area contributed by atoms with Gasteiger partial charge >= 0.3 is 5.97 Å². The number of carbonyl (C=O) groups is 2. The number of esters is 1. The van der Waals surface area contributed by atoms with Crippen LogP contribution in [-0.4, -0.2) is 59.4 Å². The fourth-order valence-corrected chi connectivity index (χ4v) is 4.97. The maximum atomic E-state index is 13.2. The van der Waals surface area contributed by atoms with E-state index >= 15 is 0 Å². The zero-order valence-electron chi connectivity index (χ0n) is 20.9. The molecule has 0 saturated carbocycles. The Morgan fingerprint density at radius 2 is 1.55 bits per heavy atom. The molecule has 0 N–H and O–H groups in total. The summed E-state index contributed by atoms with van der Waals surface area (Å²) >= 11 is 0. The Hall–Kier alpha value is -4.49. The second kappa shape index (κ2) is 10.5. The first-order valence-corrected chi connectivity index (χ1v) is 12.7. The van der Waals surface area contributed by atoms with Crippen molar-refractivity contribution >= 4 is 33.7 Å². The predicted octanol–water partition coefficient (Wildman–Crippen LogP) is 5.15. The summed E-state index contributed by atoms with van der Waals surface area (Å²) in [7, 11) is 0. The van der Waals surface area contributed by atoms with Crippen molar-refractivity contribution in [2.24, 2.45) is 0 Å². The van der Waals surface area contributed by atoms with Crippen LogP contribution < -0.4 is 0 Å². The van der Waals surface area contributed by atoms with Gasteiger partial charge in [0.1, 0.15) is 5.52 Å². The number of oxazole rings is 1. The highest BCUT2D eigenvalue weighted by atomic mass is 16.5. The van der Waals surface area contributed by atoms with Crippen LogP contribution in [-0.2, 0) is 16.1 Å². The molecule has 7 heteroatoms. The highest BCUT2D eigenvalue weighted by Gasteiger charge is 2.23. The Morgan fingerprint density at radius 1 is 0.816 bits per heavy atom. The van der Waals surface area contributed by atoms with E-state index in [9.17, 15) is 9.59 Å². The Kier molecular flexibility index (Phi) is 6.58. The molecule has 1 aromatic heterocycles. The molecular weight excluding hydrogens is 478 g/mol. The van der Waals surface area contributed by atoms with Gasteiger partial charge in [0.2, 0.25) is 5.89 Å². The largest absolute Gasteiger partial charge is 0.452 e. The second-order valence-electron chi connectivity index (χ2n) is 9.41. The van der Waals surface area contributed by atoms with Crippen molar-refractivity contribution in [3.63, 3.8) is 0 Å². The normalized spacial score (nSPS) is 14.2. The lowest BCUT2D eigenvalue weighted by Gasteiger charge is -2.34. The van der Waals surface area contributed by atoms with Gasteiger partial charge in [0.15, 0.2) is 12.2 Å². The standard InChI is InChI=1S/C31H27N3O4/c35-28(34-18-16-33(17-19-34)20-22-8-2-1-3-9-22)21-37-31(36)25-13-7-11-23-10-6-12-24(29(23)25)30-32-26-14-4-5-15-27(26)38-30/h1-15H,16-21H2. The number of hydrogen-bond acceptors (Lipinski definition) is 6. The van der Waals surface area contributed by atoms with Crippen LogP contribution in [0, 0.1) is 0 Å². The lowest BCUT2D eigenvalue weighted by molar-refractivity contribution is -0.136. The van der Waals surface area contributed by atoms with Crippen LogP contribution in [0.2, 0.25) is 0 Å². The quantitative estimate of drug-likeness (QED) is 0.297. The molecule has 0 unspecified atom stereocenters. The molecule has 0 spiro atoms. The van der Waals surface area contributed by atoms with Gasteiger partial charge in [-0.25, -0.2) is 9.78 Å². The van der Waals surface area contributed by atoms with Crippen molar-refractivity contribution in [1.29, 1.82) is 0 Å². The van der Waals surface area contributed by atoms with Crippen LogP contribution in [0.1, 0.15) is 15.9 Å². The number of rotatable bonds is 6. The molecule has 4 aromatic carbocycles. The third kappa shape index (κ3) is 4.88. The molecule has 1 saturated heterocycles. The topological polar surface area (TPSA) is 75.9 Å². The number of ether oxygens (including phenoxy) is 1. The van der Waals surface area contributed by atoms with Crippen LogP contribution >= 0.6 is 0 Å². The predicted molar refractivity (Wildman–Crippen MR) is 146 cm³/mol. The minimum Gasteiger partial charge on any atom is -0.452 e. The van der Waals surface area contributed by atoms with Gasteiger partial charge in [0.25, 0.3) is 5.91 Å². The van der Waals surface area contributed by atoms with Gasteiger partial charge in [0.05, 0.1) is 5.56 Å². The molecule has 2 heterocycles. The number of piperazine rings is 1. The van der Waals surface area contributed by atoms with Crippen LogP contribution in [0.3, 0.4) is 0 Å². The van der Waals surface area contributed by atoms with Crippen molar-refractivity contribution in [2.45, 2.75) is 6.54 Å². The molecule has 1 amide bonds. The van der Waals surface area contributed by atoms with Gasteiger partial charge in [0, 0.05) is 43.7 Å². The second-order valence-corrected chi connectivity index (χ2v) is 9.41. The van der Waals surface area contributed by atoms with Gasteiger partial charge in [-0.15, -0.1) is 0 Å². The van der Waals surface area contributed by atoms with Gasteiger partial charge in [-0.2, -0.15) is 0 Å². The molecule has 0 radical (unpaired) electrons. The smallest absolute Gasteiger partial charge is 0.339 e. The molecule has 7 nitrogen and oxygen atoms in total. The molecule has 6 rings (SSSR count). The molecule has 1 aliphatic rings. The zero-order chi connectivity index (χ0) is 25.9. The summed E-state index contributed by atoms with van der Waals surface area (Å²) in [5.41, 5.74) is 3.75. The van der Waals surface area contributed by atoms with Gasteiger partial charge in [-0.3, -0.25) is 9.69 Å². The molecule has 5 aromatic rings. The van der Waals surface area contributed by atoms with Crippen molar-refractivity contribution in [3.8, 4) is 11.5 Å². The van der Waals surface area contributed by atoms with Crippen molar-refractivity contribution < 1.29 is 18.7 Å². The Balaban J connectivity index is 1.14. The Morgan fingerprint density at radius 3 is 2.34 bits per heavy atom. The molecule has 1 fully saturated rings. The average Bonchev–Trinajstić information content (AvgIpc) is 3.40. The van der Waals surface area contributed by atoms with E-state index in [0.29, 0.717) is 41.1 Å².